The number of carbonyl (C=O) groups excluding carboxylic acids is 1. The zero-order valence-electron chi connectivity index (χ0n) is 17.6. The van der Waals surface area contributed by atoms with Crippen LogP contribution in [0.15, 0.2) is 53.5 Å². The van der Waals surface area contributed by atoms with Crippen LogP contribution in [0.4, 0.5) is 18.9 Å². The highest BCUT2D eigenvalue weighted by atomic mass is 19.4. The third kappa shape index (κ3) is 6.96. The Balaban J connectivity index is 1.75. The summed E-state index contributed by atoms with van der Waals surface area (Å²) in [6.07, 6.45) is -4.48. The van der Waals surface area contributed by atoms with Gasteiger partial charge in [-0.3, -0.25) is 20.0 Å². The Morgan fingerprint density at radius 3 is 2.62 bits per heavy atom. The number of benzene rings is 2. The molecule has 3 rings (SSSR count). The van der Waals surface area contributed by atoms with Crippen molar-refractivity contribution in [1.82, 2.24) is 10.2 Å². The van der Waals surface area contributed by atoms with Gasteiger partial charge in [0.25, 0.3) is 5.91 Å². The first-order valence-electron chi connectivity index (χ1n) is 10.1. The molecule has 1 fully saturated rings. The fraction of sp³-hybridized carbons (Fsp3) is 0.364. The van der Waals surface area contributed by atoms with E-state index in [0.29, 0.717) is 37.6 Å². The molecule has 2 aromatic rings. The van der Waals surface area contributed by atoms with E-state index in [1.165, 1.54) is 19.2 Å². The molecule has 1 heterocycles. The third-order valence-electron chi connectivity index (χ3n) is 4.81. The first-order valence-corrected chi connectivity index (χ1v) is 10.1. The van der Waals surface area contributed by atoms with E-state index in [1.54, 1.807) is 24.3 Å². The standard InChI is InChI=1S/C22H25F3N4O3/c1-31-19-7-2-4-16(14-19)20(30)28-21(26-8-9-29-10-12-32-13-11-29)27-18-6-3-5-17(15-18)22(23,24)25/h2-7,14-15H,8-13H2,1H3,(H2,26,27,28,30). The van der Waals surface area contributed by atoms with Crippen LogP contribution in [0.25, 0.3) is 0 Å². The molecule has 0 spiro atoms. The third-order valence-corrected chi connectivity index (χ3v) is 4.81. The van der Waals surface area contributed by atoms with Gasteiger partial charge in [-0.2, -0.15) is 13.2 Å². The van der Waals surface area contributed by atoms with E-state index in [4.69, 9.17) is 9.47 Å². The summed E-state index contributed by atoms with van der Waals surface area (Å²) in [5, 5.41) is 5.45. The molecular formula is C22H25F3N4O3. The van der Waals surface area contributed by atoms with Crippen LogP contribution in [0.5, 0.6) is 5.75 Å². The molecule has 1 aliphatic rings. The van der Waals surface area contributed by atoms with Crippen LogP contribution in [-0.4, -0.2) is 63.3 Å². The van der Waals surface area contributed by atoms with E-state index in [1.807, 2.05) is 0 Å². The number of hydrogen-bond acceptors (Lipinski definition) is 5. The smallest absolute Gasteiger partial charge is 0.416 e. The van der Waals surface area contributed by atoms with E-state index in [9.17, 15) is 18.0 Å². The van der Waals surface area contributed by atoms with Crippen LogP contribution in [0.2, 0.25) is 0 Å². The largest absolute Gasteiger partial charge is 0.497 e. The summed E-state index contributed by atoms with van der Waals surface area (Å²) < 4.78 is 49.6. The van der Waals surface area contributed by atoms with Gasteiger partial charge in [-0.25, -0.2) is 0 Å². The average molecular weight is 450 g/mol. The van der Waals surface area contributed by atoms with Crippen molar-refractivity contribution < 1.29 is 27.4 Å². The minimum absolute atomic E-state index is 0.0606. The van der Waals surface area contributed by atoms with Crippen molar-refractivity contribution in [3.05, 3.63) is 59.7 Å². The molecule has 10 heteroatoms. The number of ether oxygens (including phenoxy) is 2. The number of aliphatic imine (C=N–C) groups is 1. The Labute approximate surface area is 184 Å². The second kappa shape index (κ2) is 11.0. The first-order chi connectivity index (χ1) is 15.3. The maximum absolute atomic E-state index is 13.1. The van der Waals surface area contributed by atoms with Gasteiger partial charge in [0.05, 0.1) is 32.4 Å². The highest BCUT2D eigenvalue weighted by Crippen LogP contribution is 2.30. The predicted molar refractivity (Wildman–Crippen MR) is 115 cm³/mol. The number of nitrogens with one attached hydrogen (secondary N) is 2. The average Bonchev–Trinajstić information content (AvgIpc) is 2.79. The summed E-state index contributed by atoms with van der Waals surface area (Å²) >= 11 is 0. The number of guanidine groups is 1. The normalized spacial score (nSPS) is 15.3. The maximum Gasteiger partial charge on any atom is 0.416 e. The monoisotopic (exact) mass is 450 g/mol. The molecule has 1 aliphatic heterocycles. The lowest BCUT2D eigenvalue weighted by Crippen LogP contribution is -2.39. The molecule has 2 aromatic carbocycles. The Morgan fingerprint density at radius 1 is 1.16 bits per heavy atom. The number of morpholine rings is 1. The zero-order chi connectivity index (χ0) is 23.0. The summed E-state index contributed by atoms with van der Waals surface area (Å²) in [7, 11) is 1.49. The summed E-state index contributed by atoms with van der Waals surface area (Å²) in [6, 6.07) is 11.3. The molecule has 7 nitrogen and oxygen atoms in total. The number of halogens is 3. The van der Waals surface area contributed by atoms with Crippen LogP contribution >= 0.6 is 0 Å². The lowest BCUT2D eigenvalue weighted by molar-refractivity contribution is -0.137. The number of nitrogens with zero attached hydrogens (tertiary/aromatic N) is 2. The fourth-order valence-corrected chi connectivity index (χ4v) is 3.09. The van der Waals surface area contributed by atoms with Gasteiger partial charge in [0.15, 0.2) is 0 Å². The van der Waals surface area contributed by atoms with Crippen molar-refractivity contribution in [3.8, 4) is 5.75 Å². The Kier molecular flexibility index (Phi) is 8.07. The molecule has 0 saturated carbocycles. The van der Waals surface area contributed by atoms with Gasteiger partial charge in [0.1, 0.15) is 5.75 Å². The van der Waals surface area contributed by atoms with Crippen molar-refractivity contribution in [2.75, 3.05) is 51.8 Å². The fourth-order valence-electron chi connectivity index (χ4n) is 3.09. The van der Waals surface area contributed by atoms with E-state index < -0.39 is 17.6 Å². The molecule has 0 radical (unpaired) electrons. The summed E-state index contributed by atoms with van der Waals surface area (Å²) in [6.45, 7) is 3.83. The van der Waals surface area contributed by atoms with Crippen LogP contribution in [-0.2, 0) is 10.9 Å². The van der Waals surface area contributed by atoms with Gasteiger partial charge in [-0.05, 0) is 36.4 Å². The van der Waals surface area contributed by atoms with Gasteiger partial charge >= 0.3 is 6.18 Å². The highest BCUT2D eigenvalue weighted by molar-refractivity contribution is 6.10. The minimum atomic E-state index is -4.48. The number of anilines is 1. The number of amides is 1. The predicted octanol–water partition coefficient (Wildman–Crippen LogP) is 3.24. The molecule has 1 saturated heterocycles. The molecule has 32 heavy (non-hydrogen) atoms. The van der Waals surface area contributed by atoms with E-state index in [0.717, 1.165) is 25.2 Å². The topological polar surface area (TPSA) is 75.2 Å². The van der Waals surface area contributed by atoms with E-state index in [2.05, 4.69) is 20.5 Å². The van der Waals surface area contributed by atoms with Gasteiger partial charge in [0.2, 0.25) is 5.96 Å². The van der Waals surface area contributed by atoms with Crippen LogP contribution in [0, 0.1) is 0 Å². The molecular weight excluding hydrogens is 425 g/mol. The Morgan fingerprint density at radius 2 is 1.91 bits per heavy atom. The van der Waals surface area contributed by atoms with Gasteiger partial charge in [-0.1, -0.05) is 12.1 Å². The van der Waals surface area contributed by atoms with Crippen molar-refractivity contribution in [3.63, 3.8) is 0 Å². The van der Waals surface area contributed by atoms with Crippen molar-refractivity contribution in [2.24, 2.45) is 4.99 Å². The van der Waals surface area contributed by atoms with Crippen LogP contribution < -0.4 is 15.4 Å². The SMILES string of the molecule is COc1cccc(C(=O)NC(=NCCN2CCOCC2)Nc2cccc(C(F)(F)F)c2)c1. The second-order valence-corrected chi connectivity index (χ2v) is 7.07. The van der Waals surface area contributed by atoms with E-state index >= 15 is 0 Å². The van der Waals surface area contributed by atoms with Crippen LogP contribution in [0.3, 0.4) is 0 Å². The lowest BCUT2D eigenvalue weighted by Gasteiger charge is -2.25. The summed E-state index contributed by atoms with van der Waals surface area (Å²) in [5.41, 5.74) is -0.304. The molecule has 2 N–H and O–H groups in total. The molecule has 0 bridgehead atoms. The quantitative estimate of drug-likeness (QED) is 0.522. The first kappa shape index (κ1) is 23.6. The van der Waals surface area contributed by atoms with Gasteiger partial charge in [0, 0.05) is 30.9 Å². The summed E-state index contributed by atoms with van der Waals surface area (Å²) in [5.74, 6) is 0.105. The number of carbonyl (C=O) groups is 1. The molecule has 0 aromatic heterocycles. The maximum atomic E-state index is 13.1. The van der Waals surface area contributed by atoms with Crippen LogP contribution in [0.1, 0.15) is 15.9 Å². The number of rotatable bonds is 6. The number of alkyl halides is 3. The molecule has 0 unspecified atom stereocenters. The molecule has 1 amide bonds. The van der Waals surface area contributed by atoms with Crippen molar-refractivity contribution >= 4 is 17.6 Å². The zero-order valence-corrected chi connectivity index (χ0v) is 17.6. The van der Waals surface area contributed by atoms with Crippen molar-refractivity contribution in [2.45, 2.75) is 6.18 Å². The lowest BCUT2D eigenvalue weighted by atomic mass is 10.2. The Bertz CT molecular complexity index is 944. The second-order valence-electron chi connectivity index (χ2n) is 7.07. The number of methoxy groups -OCH3 is 1. The molecule has 0 aliphatic carbocycles. The minimum Gasteiger partial charge on any atom is -0.497 e. The Hall–Kier alpha value is -3.11. The number of hydrogen-bond donors (Lipinski definition) is 2. The molecule has 172 valence electrons. The van der Waals surface area contributed by atoms with Crippen molar-refractivity contribution in [1.29, 1.82) is 0 Å². The van der Waals surface area contributed by atoms with E-state index in [-0.39, 0.29) is 11.6 Å². The van der Waals surface area contributed by atoms with Gasteiger partial charge in [-0.15, -0.1) is 0 Å². The molecule has 0 atom stereocenters. The highest BCUT2D eigenvalue weighted by Gasteiger charge is 2.30. The summed E-state index contributed by atoms with van der Waals surface area (Å²) in [4.78, 5) is 19.3. The van der Waals surface area contributed by atoms with Gasteiger partial charge < -0.3 is 14.8 Å².